The second-order valence-corrected chi connectivity index (χ2v) is 4.38. The second-order valence-electron chi connectivity index (χ2n) is 3.09. The minimum atomic E-state index is -4.38. The number of carbonyl (C=O) groups is 1. The van der Waals surface area contributed by atoms with Crippen molar-refractivity contribution in [1.29, 1.82) is 0 Å². The summed E-state index contributed by atoms with van der Waals surface area (Å²) in [4.78, 5) is 20.5. The Kier molecular flexibility index (Phi) is 4.61. The second kappa shape index (κ2) is 5.63. The number of alkyl halides is 2. The zero-order valence-electron chi connectivity index (χ0n) is 8.82. The van der Waals surface area contributed by atoms with Crippen molar-refractivity contribution in [1.82, 2.24) is 5.43 Å². The molecule has 3 N–H and O–H groups in total. The van der Waals surface area contributed by atoms with E-state index in [9.17, 15) is 23.7 Å². The van der Waals surface area contributed by atoms with Crippen LogP contribution in [0.3, 0.4) is 0 Å². The van der Waals surface area contributed by atoms with E-state index in [1.54, 1.807) is 0 Å². The van der Waals surface area contributed by atoms with Crippen molar-refractivity contribution in [2.24, 2.45) is 5.84 Å². The number of hydrogen-bond donors (Lipinski definition) is 2. The Labute approximate surface area is 117 Å². The lowest BCUT2D eigenvalue weighted by molar-refractivity contribution is -0.387. The van der Waals surface area contributed by atoms with Crippen LogP contribution in [0.1, 0.15) is 0 Å². The zero-order chi connectivity index (χ0) is 14.8. The quantitative estimate of drug-likeness (QED) is 0.369. The van der Waals surface area contributed by atoms with Gasteiger partial charge in [0.15, 0.2) is 0 Å². The summed E-state index contributed by atoms with van der Waals surface area (Å²) in [6.07, 6.45) is -4.38. The number of rotatable bonds is 4. The van der Waals surface area contributed by atoms with Gasteiger partial charge in [0, 0.05) is 11.1 Å². The number of nitro groups is 1. The van der Waals surface area contributed by atoms with Gasteiger partial charge in [0.1, 0.15) is 0 Å². The number of hydrazine groups is 1. The number of halogens is 4. The normalized spacial score (nSPS) is 11.0. The lowest BCUT2D eigenvalue weighted by Gasteiger charge is -2.16. The third kappa shape index (κ3) is 3.49. The molecule has 0 saturated carbocycles. The highest BCUT2D eigenvalue weighted by molar-refractivity contribution is 9.10. The molecule has 1 aromatic rings. The van der Waals surface area contributed by atoms with E-state index in [1.807, 2.05) is 0 Å². The maximum Gasteiger partial charge on any atom is 0.483 e. The molecular weight excluding hydrogens is 355 g/mol. The van der Waals surface area contributed by atoms with Crippen molar-refractivity contribution in [2.45, 2.75) is 6.11 Å². The Hall–Kier alpha value is -1.52. The topological polar surface area (TPSA) is 107 Å². The molecule has 7 nitrogen and oxygen atoms in total. The van der Waals surface area contributed by atoms with Crippen LogP contribution in [-0.2, 0) is 4.79 Å². The van der Waals surface area contributed by atoms with Gasteiger partial charge < -0.3 is 4.74 Å². The van der Waals surface area contributed by atoms with Crippen LogP contribution in [0.15, 0.2) is 16.6 Å². The summed E-state index contributed by atoms with van der Waals surface area (Å²) in [5.41, 5.74) is 0.350. The average molecular weight is 360 g/mol. The van der Waals surface area contributed by atoms with Gasteiger partial charge in [-0.2, -0.15) is 8.78 Å². The van der Waals surface area contributed by atoms with Crippen LogP contribution in [0, 0.1) is 10.1 Å². The van der Waals surface area contributed by atoms with Gasteiger partial charge in [-0.1, -0.05) is 11.6 Å². The molecule has 19 heavy (non-hydrogen) atoms. The lowest BCUT2D eigenvalue weighted by Crippen LogP contribution is -2.47. The summed E-state index contributed by atoms with van der Waals surface area (Å²) in [5.74, 6) is 1.75. The van der Waals surface area contributed by atoms with E-state index in [2.05, 4.69) is 26.5 Å². The minimum absolute atomic E-state index is 0.0717. The number of carbonyl (C=O) groups excluding carboxylic acids is 1. The predicted octanol–water partition coefficient (Wildman–Crippen LogP) is 1.97. The third-order valence-electron chi connectivity index (χ3n) is 1.81. The van der Waals surface area contributed by atoms with Crippen LogP contribution in [0.4, 0.5) is 14.5 Å². The molecule has 1 aromatic carbocycles. The molecule has 0 fully saturated rings. The van der Waals surface area contributed by atoms with Gasteiger partial charge >= 0.3 is 17.7 Å². The molecule has 0 aliphatic carbocycles. The first-order valence-corrected chi connectivity index (χ1v) is 5.57. The van der Waals surface area contributed by atoms with Crippen molar-refractivity contribution >= 4 is 39.1 Å². The number of amides is 1. The molecule has 0 spiro atoms. The minimum Gasteiger partial charge on any atom is -0.417 e. The third-order valence-corrected chi connectivity index (χ3v) is 2.62. The highest BCUT2D eigenvalue weighted by Gasteiger charge is 2.44. The van der Waals surface area contributed by atoms with E-state index in [1.165, 1.54) is 5.43 Å². The summed E-state index contributed by atoms with van der Waals surface area (Å²) in [5, 5.41) is 10.7. The molecule has 0 aliphatic rings. The fourth-order valence-electron chi connectivity index (χ4n) is 1.04. The number of nitro benzene ring substituents is 1. The van der Waals surface area contributed by atoms with Crippen molar-refractivity contribution in [3.8, 4) is 5.75 Å². The molecule has 0 saturated heterocycles. The SMILES string of the molecule is NNC(=O)C(F)(F)Oc1c(Br)cc(Cl)cc1[N+](=O)[O-]. The van der Waals surface area contributed by atoms with Crippen LogP contribution in [-0.4, -0.2) is 16.9 Å². The molecule has 0 aromatic heterocycles. The van der Waals surface area contributed by atoms with Crippen molar-refractivity contribution in [3.63, 3.8) is 0 Å². The first-order valence-electron chi connectivity index (χ1n) is 4.40. The number of nitrogens with one attached hydrogen (secondary N) is 1. The molecule has 1 amide bonds. The molecule has 0 unspecified atom stereocenters. The Morgan fingerprint density at radius 2 is 2.16 bits per heavy atom. The molecule has 0 radical (unpaired) electrons. The zero-order valence-corrected chi connectivity index (χ0v) is 11.2. The molecule has 0 heterocycles. The summed E-state index contributed by atoms with van der Waals surface area (Å²) in [6, 6.07) is 1.90. The summed E-state index contributed by atoms with van der Waals surface area (Å²) in [6.45, 7) is 0. The highest BCUT2D eigenvalue weighted by Crippen LogP contribution is 2.40. The van der Waals surface area contributed by atoms with Gasteiger partial charge in [-0.05, 0) is 22.0 Å². The first kappa shape index (κ1) is 15.5. The highest BCUT2D eigenvalue weighted by atomic mass is 79.9. The van der Waals surface area contributed by atoms with Crippen molar-refractivity contribution < 1.29 is 23.2 Å². The maximum absolute atomic E-state index is 13.2. The predicted molar refractivity (Wildman–Crippen MR) is 63.7 cm³/mol. The van der Waals surface area contributed by atoms with E-state index in [-0.39, 0.29) is 9.50 Å². The van der Waals surface area contributed by atoms with Crippen LogP contribution in [0.25, 0.3) is 0 Å². The van der Waals surface area contributed by atoms with E-state index in [0.29, 0.717) is 0 Å². The van der Waals surface area contributed by atoms with E-state index >= 15 is 0 Å². The van der Waals surface area contributed by atoms with Gasteiger partial charge in [-0.15, -0.1) is 0 Å². The smallest absolute Gasteiger partial charge is 0.417 e. The van der Waals surface area contributed by atoms with E-state index < -0.39 is 28.4 Å². The van der Waals surface area contributed by atoms with Gasteiger partial charge in [0.2, 0.25) is 5.75 Å². The first-order chi connectivity index (χ1) is 8.69. The summed E-state index contributed by atoms with van der Waals surface area (Å²) < 4.78 is 30.3. The monoisotopic (exact) mass is 359 g/mol. The van der Waals surface area contributed by atoms with Crippen molar-refractivity contribution in [3.05, 3.63) is 31.7 Å². The van der Waals surface area contributed by atoms with Gasteiger partial charge in [0.25, 0.3) is 0 Å². The van der Waals surface area contributed by atoms with Gasteiger partial charge in [-0.25, -0.2) is 5.84 Å². The van der Waals surface area contributed by atoms with Crippen LogP contribution >= 0.6 is 27.5 Å². The molecule has 11 heteroatoms. The molecule has 104 valence electrons. The van der Waals surface area contributed by atoms with Gasteiger partial charge in [-0.3, -0.25) is 20.3 Å². The standard InChI is InChI=1S/C8H5BrClF2N3O4/c9-4-1-3(10)2-5(15(17)18)6(4)19-8(11,12)7(16)14-13/h1-2H,13H2,(H,14,16). The molecular formula is C8H5BrClF2N3O4. The maximum atomic E-state index is 13.2. The molecule has 0 atom stereocenters. The van der Waals surface area contributed by atoms with Crippen LogP contribution in [0.5, 0.6) is 5.75 Å². The van der Waals surface area contributed by atoms with Gasteiger partial charge in [0.05, 0.1) is 9.40 Å². The number of benzene rings is 1. The number of nitrogens with zero attached hydrogens (tertiary/aromatic N) is 1. The van der Waals surface area contributed by atoms with Crippen molar-refractivity contribution in [2.75, 3.05) is 0 Å². The van der Waals surface area contributed by atoms with Crippen LogP contribution in [0.2, 0.25) is 5.02 Å². The van der Waals surface area contributed by atoms with E-state index in [0.717, 1.165) is 12.1 Å². The number of nitrogens with two attached hydrogens (primary N) is 1. The fraction of sp³-hybridized carbons (Fsp3) is 0.125. The number of hydrogen-bond acceptors (Lipinski definition) is 5. The Bertz CT molecular complexity index is 543. The molecule has 0 aliphatic heterocycles. The Morgan fingerprint density at radius 3 is 2.63 bits per heavy atom. The van der Waals surface area contributed by atoms with Crippen LogP contribution < -0.4 is 16.0 Å². The average Bonchev–Trinajstić information content (AvgIpc) is 2.30. The summed E-state index contributed by atoms with van der Waals surface area (Å²) >= 11 is 8.33. The lowest BCUT2D eigenvalue weighted by atomic mass is 10.3. The Morgan fingerprint density at radius 1 is 1.58 bits per heavy atom. The summed E-state index contributed by atoms with van der Waals surface area (Å²) in [7, 11) is 0. The number of ether oxygens (including phenoxy) is 1. The fourth-order valence-corrected chi connectivity index (χ4v) is 1.92. The largest absolute Gasteiger partial charge is 0.483 e. The van der Waals surface area contributed by atoms with E-state index in [4.69, 9.17) is 11.6 Å². The molecule has 1 rings (SSSR count). The Balaban J connectivity index is 3.28. The molecule has 0 bridgehead atoms.